The van der Waals surface area contributed by atoms with E-state index >= 15 is 0 Å². The summed E-state index contributed by atoms with van der Waals surface area (Å²) in [5.74, 6) is -1.47. The van der Waals surface area contributed by atoms with Crippen molar-refractivity contribution < 1.29 is 38.1 Å². The normalized spacial score (nSPS) is 10.5. The van der Waals surface area contributed by atoms with Crippen LogP contribution in [0, 0.1) is 0 Å². The Kier molecular flexibility index (Phi) is 12.2. The number of hydrogen-bond acceptors (Lipinski definition) is 8. The molecule has 0 radical (unpaired) electrons. The predicted octanol–water partition coefficient (Wildman–Crippen LogP) is 6.52. The van der Waals surface area contributed by atoms with E-state index in [4.69, 9.17) is 23.7 Å². The highest BCUT2D eigenvalue weighted by atomic mass is 16.6. The molecule has 0 aliphatic heterocycles. The minimum Gasteiger partial charge on any atom is -0.423 e. The molecule has 3 aromatic rings. The fourth-order valence-electron chi connectivity index (χ4n) is 3.93. The molecule has 0 aliphatic carbocycles. The van der Waals surface area contributed by atoms with Gasteiger partial charge in [0, 0.05) is 14.2 Å². The Balaban J connectivity index is 1.84. The number of rotatable bonds is 15. The van der Waals surface area contributed by atoms with Gasteiger partial charge in [-0.1, -0.05) is 63.3 Å². The first-order valence-corrected chi connectivity index (χ1v) is 13.6. The number of carbonyl (C=O) groups is 3. The lowest BCUT2D eigenvalue weighted by Gasteiger charge is -2.14. The number of carbonyl (C=O) groups excluding carboxylic acids is 3. The number of methoxy groups -OCH3 is 2. The third-order valence-electron chi connectivity index (χ3n) is 6.22. The van der Waals surface area contributed by atoms with Crippen molar-refractivity contribution in [3.05, 3.63) is 102 Å². The highest BCUT2D eigenvalue weighted by Crippen LogP contribution is 2.34. The van der Waals surface area contributed by atoms with Crippen molar-refractivity contribution in [3.8, 4) is 28.4 Å². The summed E-state index contributed by atoms with van der Waals surface area (Å²) >= 11 is 0. The Morgan fingerprint density at radius 2 is 1.26 bits per heavy atom. The molecule has 0 saturated carbocycles. The van der Waals surface area contributed by atoms with Gasteiger partial charge >= 0.3 is 17.9 Å². The van der Waals surface area contributed by atoms with Crippen LogP contribution in [-0.2, 0) is 25.5 Å². The molecule has 0 bridgehead atoms. The molecule has 0 atom stereocenters. The lowest BCUT2D eigenvalue weighted by atomic mass is 10.0. The van der Waals surface area contributed by atoms with Gasteiger partial charge in [-0.3, -0.25) is 0 Å². The van der Waals surface area contributed by atoms with Crippen LogP contribution in [0.2, 0.25) is 0 Å². The second kappa shape index (κ2) is 16.0. The first kappa shape index (κ1) is 32.0. The maximum absolute atomic E-state index is 13.1. The summed E-state index contributed by atoms with van der Waals surface area (Å²) in [6.07, 6.45) is 4.31. The number of hydrogen-bond donors (Lipinski definition) is 0. The molecule has 0 aromatic heterocycles. The Morgan fingerprint density at radius 3 is 1.86 bits per heavy atom. The van der Waals surface area contributed by atoms with Gasteiger partial charge in [0.15, 0.2) is 11.5 Å². The maximum atomic E-state index is 13.1. The molecule has 0 unspecified atom stereocenters. The second-order valence-electron chi connectivity index (χ2n) is 9.58. The number of benzene rings is 3. The van der Waals surface area contributed by atoms with Gasteiger partial charge < -0.3 is 23.7 Å². The highest BCUT2D eigenvalue weighted by Gasteiger charge is 2.18. The van der Waals surface area contributed by atoms with Gasteiger partial charge in [0.25, 0.3) is 0 Å². The third kappa shape index (κ3) is 9.26. The van der Waals surface area contributed by atoms with Crippen molar-refractivity contribution in [2.45, 2.75) is 32.6 Å². The molecular formula is C34H36O8. The largest absolute Gasteiger partial charge is 0.423 e. The van der Waals surface area contributed by atoms with Gasteiger partial charge in [0.2, 0.25) is 0 Å². The SMILES string of the molecule is C=C(COC)C(=O)Oc1ccc(-c2ccc(OC(=O)C(=C)COC)c(OC(=O)c3ccc(CCCCC)cc3)c2)cc1. The second-order valence-corrected chi connectivity index (χ2v) is 9.58. The van der Waals surface area contributed by atoms with E-state index in [1.54, 1.807) is 48.5 Å². The van der Waals surface area contributed by atoms with Gasteiger partial charge in [-0.15, -0.1) is 0 Å². The third-order valence-corrected chi connectivity index (χ3v) is 6.22. The Morgan fingerprint density at radius 1 is 0.667 bits per heavy atom. The fraction of sp³-hybridized carbons (Fsp3) is 0.265. The molecule has 0 N–H and O–H groups in total. The molecular weight excluding hydrogens is 536 g/mol. The quantitative estimate of drug-likeness (QED) is 0.0879. The molecule has 8 heteroatoms. The molecule has 0 amide bonds. The molecule has 42 heavy (non-hydrogen) atoms. The van der Waals surface area contributed by atoms with Crippen LogP contribution in [0.5, 0.6) is 17.2 Å². The molecule has 0 saturated heterocycles. The maximum Gasteiger partial charge on any atom is 0.343 e. The van der Waals surface area contributed by atoms with E-state index in [1.165, 1.54) is 20.3 Å². The van der Waals surface area contributed by atoms with Gasteiger partial charge in [-0.25, -0.2) is 14.4 Å². The minimum atomic E-state index is -0.709. The summed E-state index contributed by atoms with van der Waals surface area (Å²) in [6, 6.07) is 18.9. The molecule has 0 heterocycles. The standard InChI is InChI=1S/C34H36O8/c1-6-7-8-9-25-10-12-27(13-11-25)34(37)42-31-20-28(16-19-30(31)41-33(36)24(3)22-39-5)26-14-17-29(18-15-26)40-32(35)23(2)21-38-4/h10-20H,2-3,6-9,21-22H2,1,4-5H3. The summed E-state index contributed by atoms with van der Waals surface area (Å²) in [5, 5.41) is 0. The van der Waals surface area contributed by atoms with E-state index in [2.05, 4.69) is 20.1 Å². The van der Waals surface area contributed by atoms with Crippen molar-refractivity contribution in [2.75, 3.05) is 27.4 Å². The van der Waals surface area contributed by atoms with Crippen LogP contribution >= 0.6 is 0 Å². The number of ether oxygens (including phenoxy) is 5. The first-order chi connectivity index (χ1) is 20.2. The molecule has 220 valence electrons. The molecule has 0 spiro atoms. The van der Waals surface area contributed by atoms with E-state index < -0.39 is 17.9 Å². The average molecular weight is 573 g/mol. The zero-order valence-corrected chi connectivity index (χ0v) is 24.3. The summed E-state index contributed by atoms with van der Waals surface area (Å²) in [7, 11) is 2.91. The van der Waals surface area contributed by atoms with Crippen LogP contribution in [0.4, 0.5) is 0 Å². The van der Waals surface area contributed by atoms with Gasteiger partial charge in [-0.05, 0) is 65.9 Å². The molecule has 3 rings (SSSR count). The summed E-state index contributed by atoms with van der Waals surface area (Å²) in [5.41, 5.74) is 3.21. The van der Waals surface area contributed by atoms with Crippen LogP contribution in [0.15, 0.2) is 91.0 Å². The summed E-state index contributed by atoms with van der Waals surface area (Å²) < 4.78 is 26.4. The van der Waals surface area contributed by atoms with Crippen molar-refractivity contribution in [2.24, 2.45) is 0 Å². The van der Waals surface area contributed by atoms with Crippen LogP contribution in [0.25, 0.3) is 11.1 Å². The Labute approximate surface area is 246 Å². The fourth-order valence-corrected chi connectivity index (χ4v) is 3.93. The zero-order valence-electron chi connectivity index (χ0n) is 24.3. The van der Waals surface area contributed by atoms with Crippen molar-refractivity contribution >= 4 is 17.9 Å². The zero-order chi connectivity index (χ0) is 30.5. The molecule has 3 aromatic carbocycles. The van der Waals surface area contributed by atoms with Gasteiger partial charge in [-0.2, -0.15) is 0 Å². The predicted molar refractivity (Wildman–Crippen MR) is 160 cm³/mol. The van der Waals surface area contributed by atoms with Crippen LogP contribution in [0.3, 0.4) is 0 Å². The highest BCUT2D eigenvalue weighted by molar-refractivity contribution is 5.93. The topological polar surface area (TPSA) is 97.4 Å². The van der Waals surface area contributed by atoms with Crippen molar-refractivity contribution in [3.63, 3.8) is 0 Å². The summed E-state index contributed by atoms with van der Waals surface area (Å²) in [4.78, 5) is 37.7. The number of esters is 3. The molecule has 0 fully saturated rings. The number of aryl methyl sites for hydroxylation is 1. The Hall–Kier alpha value is -4.53. The van der Waals surface area contributed by atoms with E-state index in [1.807, 2.05) is 12.1 Å². The van der Waals surface area contributed by atoms with Crippen LogP contribution in [-0.4, -0.2) is 45.3 Å². The van der Waals surface area contributed by atoms with Crippen LogP contribution in [0.1, 0.15) is 42.1 Å². The van der Waals surface area contributed by atoms with E-state index in [9.17, 15) is 14.4 Å². The Bertz CT molecular complexity index is 1400. The average Bonchev–Trinajstić information content (AvgIpc) is 2.99. The first-order valence-electron chi connectivity index (χ1n) is 13.6. The lowest BCUT2D eigenvalue weighted by Crippen LogP contribution is -2.16. The lowest BCUT2D eigenvalue weighted by molar-refractivity contribution is -0.131. The van der Waals surface area contributed by atoms with Crippen molar-refractivity contribution in [1.82, 2.24) is 0 Å². The summed E-state index contributed by atoms with van der Waals surface area (Å²) in [6.45, 7) is 9.53. The monoisotopic (exact) mass is 572 g/mol. The van der Waals surface area contributed by atoms with Crippen molar-refractivity contribution in [1.29, 1.82) is 0 Å². The van der Waals surface area contributed by atoms with E-state index in [-0.39, 0.29) is 35.9 Å². The molecule has 0 aliphatic rings. The molecule has 8 nitrogen and oxygen atoms in total. The van der Waals surface area contributed by atoms with Gasteiger partial charge in [0.05, 0.1) is 29.9 Å². The smallest absolute Gasteiger partial charge is 0.343 e. The van der Waals surface area contributed by atoms with Crippen LogP contribution < -0.4 is 14.2 Å². The number of unbranched alkanes of at least 4 members (excludes halogenated alkanes) is 2. The van der Waals surface area contributed by atoms with E-state index in [0.29, 0.717) is 16.9 Å². The van der Waals surface area contributed by atoms with E-state index in [0.717, 1.165) is 36.8 Å². The minimum absolute atomic E-state index is 0.00756. The van der Waals surface area contributed by atoms with Gasteiger partial charge in [0.1, 0.15) is 5.75 Å².